The maximum atomic E-state index is 12.7. The summed E-state index contributed by atoms with van der Waals surface area (Å²) in [5.74, 6) is -1.76. The number of aromatic hydroxyl groups is 2. The standard InChI is InChI=1S/C20H22O7/c1-11(2)3-4-20(25)10-16(23)19-12(5-13(21)8-17(19)27-20)6-15-7-14(22)9-18(24)26-15/h5,7-9,11,21-22,25H,3-4,6,10H2,1-2H3. The minimum absolute atomic E-state index is 0.000103. The molecule has 7 nitrogen and oxygen atoms in total. The normalized spacial score (nSPS) is 19.0. The Morgan fingerprint density at radius 2 is 1.81 bits per heavy atom. The van der Waals surface area contributed by atoms with Crippen LogP contribution in [0.15, 0.2) is 33.5 Å². The molecule has 1 aromatic heterocycles. The zero-order valence-corrected chi connectivity index (χ0v) is 15.2. The van der Waals surface area contributed by atoms with E-state index in [0.29, 0.717) is 24.3 Å². The number of Topliss-reactive ketones (excluding diaryl/α,β-unsaturated/α-hetero) is 1. The average Bonchev–Trinajstić information content (AvgIpc) is 2.50. The van der Waals surface area contributed by atoms with Crippen LogP contribution in [0.3, 0.4) is 0 Å². The van der Waals surface area contributed by atoms with Gasteiger partial charge in [0.2, 0.25) is 5.79 Å². The number of phenols is 1. The molecule has 7 heteroatoms. The summed E-state index contributed by atoms with van der Waals surface area (Å²) >= 11 is 0. The van der Waals surface area contributed by atoms with E-state index >= 15 is 0 Å². The van der Waals surface area contributed by atoms with E-state index < -0.39 is 11.4 Å². The Bertz CT molecular complexity index is 928. The lowest BCUT2D eigenvalue weighted by Gasteiger charge is -2.34. The topological polar surface area (TPSA) is 117 Å². The highest BCUT2D eigenvalue weighted by Crippen LogP contribution is 2.39. The molecule has 144 valence electrons. The van der Waals surface area contributed by atoms with E-state index in [4.69, 9.17) is 9.15 Å². The molecule has 0 fully saturated rings. The van der Waals surface area contributed by atoms with Crippen LogP contribution in [0.25, 0.3) is 0 Å². The van der Waals surface area contributed by atoms with Gasteiger partial charge in [-0.3, -0.25) is 4.79 Å². The summed E-state index contributed by atoms with van der Waals surface area (Å²) in [5, 5.41) is 30.2. The molecule has 27 heavy (non-hydrogen) atoms. The average molecular weight is 374 g/mol. The molecule has 0 saturated heterocycles. The van der Waals surface area contributed by atoms with Crippen LogP contribution in [0.2, 0.25) is 0 Å². The molecule has 3 rings (SSSR count). The molecule has 1 aromatic carbocycles. The Labute approximate surface area is 155 Å². The van der Waals surface area contributed by atoms with Crippen molar-refractivity contribution >= 4 is 5.78 Å². The number of ketones is 1. The molecular weight excluding hydrogens is 352 g/mol. The van der Waals surface area contributed by atoms with Crippen LogP contribution in [-0.2, 0) is 6.42 Å². The zero-order chi connectivity index (χ0) is 19.8. The van der Waals surface area contributed by atoms with Crippen LogP contribution >= 0.6 is 0 Å². The van der Waals surface area contributed by atoms with Crippen LogP contribution < -0.4 is 10.4 Å². The summed E-state index contributed by atoms with van der Waals surface area (Å²) in [6.45, 7) is 4.02. The van der Waals surface area contributed by atoms with Gasteiger partial charge in [-0.2, -0.15) is 0 Å². The lowest BCUT2D eigenvalue weighted by molar-refractivity contribution is -0.146. The van der Waals surface area contributed by atoms with E-state index in [0.717, 1.165) is 6.07 Å². The fraction of sp³-hybridized carbons (Fsp3) is 0.400. The van der Waals surface area contributed by atoms with E-state index in [1.54, 1.807) is 0 Å². The smallest absolute Gasteiger partial charge is 0.339 e. The fourth-order valence-corrected chi connectivity index (χ4v) is 3.22. The zero-order valence-electron chi connectivity index (χ0n) is 15.2. The van der Waals surface area contributed by atoms with Crippen LogP contribution in [0.1, 0.15) is 54.8 Å². The Balaban J connectivity index is 1.97. The molecule has 1 aliphatic heterocycles. The van der Waals surface area contributed by atoms with Gasteiger partial charge >= 0.3 is 5.63 Å². The second kappa shape index (κ2) is 7.08. The van der Waals surface area contributed by atoms with Crippen molar-refractivity contribution in [1.29, 1.82) is 0 Å². The number of phenolic OH excluding ortho intramolecular Hbond substituents is 1. The van der Waals surface area contributed by atoms with Crippen molar-refractivity contribution < 1.29 is 29.3 Å². The molecule has 0 bridgehead atoms. The van der Waals surface area contributed by atoms with Gasteiger partial charge in [-0.15, -0.1) is 0 Å². The summed E-state index contributed by atoms with van der Waals surface area (Å²) in [5.41, 5.74) is -0.104. The minimum Gasteiger partial charge on any atom is -0.508 e. The highest BCUT2D eigenvalue weighted by Gasteiger charge is 2.40. The first-order valence-corrected chi connectivity index (χ1v) is 8.79. The van der Waals surface area contributed by atoms with Crippen molar-refractivity contribution in [1.82, 2.24) is 0 Å². The third kappa shape index (κ3) is 4.31. The van der Waals surface area contributed by atoms with E-state index in [-0.39, 0.29) is 47.2 Å². The molecule has 0 spiro atoms. The van der Waals surface area contributed by atoms with Gasteiger partial charge in [0.15, 0.2) is 5.78 Å². The molecule has 1 atom stereocenters. The summed E-state index contributed by atoms with van der Waals surface area (Å²) < 4.78 is 10.7. The van der Waals surface area contributed by atoms with Gasteiger partial charge in [0.05, 0.1) is 18.1 Å². The number of hydrogen-bond acceptors (Lipinski definition) is 7. The monoisotopic (exact) mass is 374 g/mol. The molecule has 0 aliphatic carbocycles. The number of ether oxygens (including phenoxy) is 1. The number of hydrogen-bond donors (Lipinski definition) is 3. The fourth-order valence-electron chi connectivity index (χ4n) is 3.22. The molecule has 0 radical (unpaired) electrons. The van der Waals surface area contributed by atoms with E-state index in [9.17, 15) is 24.9 Å². The summed E-state index contributed by atoms with van der Waals surface area (Å²) in [4.78, 5) is 24.2. The summed E-state index contributed by atoms with van der Waals surface area (Å²) in [6.07, 6.45) is 0.774. The van der Waals surface area contributed by atoms with Gasteiger partial charge < -0.3 is 24.5 Å². The number of aliphatic hydroxyl groups is 1. The first-order valence-electron chi connectivity index (χ1n) is 8.79. The Kier molecular flexibility index (Phi) is 4.97. The lowest BCUT2D eigenvalue weighted by atomic mass is 9.89. The van der Waals surface area contributed by atoms with Crippen LogP contribution in [0.4, 0.5) is 0 Å². The maximum absolute atomic E-state index is 12.7. The van der Waals surface area contributed by atoms with Crippen LogP contribution in [0.5, 0.6) is 17.2 Å². The van der Waals surface area contributed by atoms with E-state index in [1.807, 2.05) is 13.8 Å². The highest BCUT2D eigenvalue weighted by molar-refractivity contribution is 6.02. The summed E-state index contributed by atoms with van der Waals surface area (Å²) in [7, 11) is 0. The van der Waals surface area contributed by atoms with Crippen molar-refractivity contribution in [3.8, 4) is 17.2 Å². The predicted molar refractivity (Wildman–Crippen MR) is 96.2 cm³/mol. The van der Waals surface area contributed by atoms with Gasteiger partial charge in [0.1, 0.15) is 23.0 Å². The predicted octanol–water partition coefficient (Wildman–Crippen LogP) is 2.73. The lowest BCUT2D eigenvalue weighted by Crippen LogP contribution is -2.42. The molecule has 1 aliphatic rings. The molecule has 2 aromatic rings. The van der Waals surface area contributed by atoms with Gasteiger partial charge in [-0.1, -0.05) is 13.8 Å². The molecule has 1 unspecified atom stereocenters. The van der Waals surface area contributed by atoms with Gasteiger partial charge in [0, 0.05) is 25.0 Å². The van der Waals surface area contributed by atoms with Crippen molar-refractivity contribution in [2.75, 3.05) is 0 Å². The molecule has 0 saturated carbocycles. The van der Waals surface area contributed by atoms with Crippen molar-refractivity contribution in [2.24, 2.45) is 5.92 Å². The van der Waals surface area contributed by atoms with Crippen molar-refractivity contribution in [2.45, 2.75) is 45.3 Å². The van der Waals surface area contributed by atoms with Crippen molar-refractivity contribution in [3.05, 3.63) is 51.6 Å². The van der Waals surface area contributed by atoms with E-state index in [1.165, 1.54) is 18.2 Å². The highest BCUT2D eigenvalue weighted by atomic mass is 16.6. The Morgan fingerprint density at radius 1 is 1.11 bits per heavy atom. The second-order valence-corrected chi connectivity index (χ2v) is 7.34. The van der Waals surface area contributed by atoms with Gasteiger partial charge in [-0.25, -0.2) is 4.79 Å². The number of carbonyl (C=O) groups excluding carboxylic acids is 1. The Morgan fingerprint density at radius 3 is 2.48 bits per heavy atom. The number of rotatable bonds is 5. The van der Waals surface area contributed by atoms with Gasteiger partial charge in [-0.05, 0) is 24.0 Å². The number of fused-ring (bicyclic) bond motifs is 1. The second-order valence-electron chi connectivity index (χ2n) is 7.34. The van der Waals surface area contributed by atoms with Crippen LogP contribution in [0, 0.1) is 5.92 Å². The molecular formula is C20H22O7. The van der Waals surface area contributed by atoms with Gasteiger partial charge in [0.25, 0.3) is 0 Å². The molecule has 3 N–H and O–H groups in total. The Hall–Kier alpha value is -2.80. The summed E-state index contributed by atoms with van der Waals surface area (Å²) in [6, 6.07) is 4.87. The SMILES string of the molecule is CC(C)CCC1(O)CC(=O)c2c(Cc3cc(O)cc(=O)o3)cc(O)cc2O1. The third-order valence-electron chi connectivity index (χ3n) is 4.47. The molecule has 2 heterocycles. The third-order valence-corrected chi connectivity index (χ3v) is 4.47. The van der Waals surface area contributed by atoms with Crippen molar-refractivity contribution in [3.63, 3.8) is 0 Å². The van der Waals surface area contributed by atoms with E-state index in [2.05, 4.69) is 0 Å². The largest absolute Gasteiger partial charge is 0.508 e. The number of carbonyl (C=O) groups is 1. The first-order chi connectivity index (χ1) is 12.6. The minimum atomic E-state index is -1.61. The quantitative estimate of drug-likeness (QED) is 0.736. The molecule has 0 amide bonds. The number of benzene rings is 1. The first kappa shape index (κ1) is 19.0. The maximum Gasteiger partial charge on any atom is 0.339 e. The van der Waals surface area contributed by atoms with Crippen LogP contribution in [-0.4, -0.2) is 26.9 Å².